The number of hydrogen-bond acceptors (Lipinski definition) is 3. The zero-order chi connectivity index (χ0) is 26.9. The molecule has 0 unspecified atom stereocenters. The van der Waals surface area contributed by atoms with Crippen LogP contribution >= 0.6 is 11.6 Å². The summed E-state index contributed by atoms with van der Waals surface area (Å²) in [4.78, 5) is 12.8. The van der Waals surface area contributed by atoms with E-state index >= 15 is 0 Å². The summed E-state index contributed by atoms with van der Waals surface area (Å²) in [6.45, 7) is 0.567. The number of carbonyl (C=O) groups excluding carboxylic acids is 1. The Balaban J connectivity index is 1.59. The van der Waals surface area contributed by atoms with E-state index < -0.39 is 5.97 Å². The van der Waals surface area contributed by atoms with E-state index in [2.05, 4.69) is 53.1 Å². The number of benzene rings is 5. The highest BCUT2D eigenvalue weighted by Gasteiger charge is 2.22. The molecule has 6 aromatic rings. The van der Waals surface area contributed by atoms with Crippen molar-refractivity contribution in [3.05, 3.63) is 136 Å². The number of esters is 1. The summed E-state index contributed by atoms with van der Waals surface area (Å²) in [5, 5.41) is 13.3. The predicted molar refractivity (Wildman–Crippen MR) is 158 cm³/mol. The van der Waals surface area contributed by atoms with E-state index in [0.717, 1.165) is 28.6 Å². The van der Waals surface area contributed by atoms with Crippen LogP contribution in [0.2, 0.25) is 5.02 Å². The van der Waals surface area contributed by atoms with Crippen LogP contribution in [0, 0.1) is 0 Å². The number of rotatable bonds is 6. The monoisotopic (exact) mass is 531 g/mol. The van der Waals surface area contributed by atoms with Crippen LogP contribution in [0.4, 0.5) is 0 Å². The zero-order valence-electron chi connectivity index (χ0n) is 21.4. The van der Waals surface area contributed by atoms with Crippen LogP contribution in [0.15, 0.2) is 109 Å². The van der Waals surface area contributed by atoms with E-state index in [9.17, 15) is 9.90 Å². The maximum absolute atomic E-state index is 12.8. The molecular formula is C34H26ClNO3. The maximum Gasteiger partial charge on any atom is 0.338 e. The molecule has 192 valence electrons. The molecule has 0 saturated heterocycles. The van der Waals surface area contributed by atoms with Crippen molar-refractivity contribution in [2.24, 2.45) is 0 Å². The predicted octanol–water partition coefficient (Wildman–Crippen LogP) is 8.25. The number of aromatic hydroxyl groups is 1. The maximum atomic E-state index is 12.8. The van der Waals surface area contributed by atoms with Gasteiger partial charge in [-0.25, -0.2) is 4.79 Å². The second-order valence-electron chi connectivity index (χ2n) is 9.60. The summed E-state index contributed by atoms with van der Waals surface area (Å²) < 4.78 is 7.29. The van der Waals surface area contributed by atoms with E-state index in [1.54, 1.807) is 12.1 Å². The number of aromatic nitrogens is 1. The molecule has 1 aromatic heterocycles. The van der Waals surface area contributed by atoms with Gasteiger partial charge >= 0.3 is 5.97 Å². The second-order valence-corrected chi connectivity index (χ2v) is 10.0. The van der Waals surface area contributed by atoms with Crippen molar-refractivity contribution in [1.29, 1.82) is 0 Å². The van der Waals surface area contributed by atoms with E-state index in [-0.39, 0.29) is 5.75 Å². The van der Waals surface area contributed by atoms with Gasteiger partial charge in [0.25, 0.3) is 0 Å². The minimum absolute atomic E-state index is 0.107. The molecule has 0 atom stereocenters. The number of halogens is 1. The summed E-state index contributed by atoms with van der Waals surface area (Å²) in [5.74, 6) is -0.333. The number of hydrogen-bond donors (Lipinski definition) is 1. The standard InChI is InChI=1S/C34H26ClNO3/c1-39-34(38)28-12-7-13-29-32(28)33-30(19-26(20-31(33)37)23-14-16-27(35)17-15-23)36(29)21-25-11-6-5-10-24(25)18-22-8-3-2-4-9-22/h2-17,19-20,37H,18,21H2,1H3. The fourth-order valence-electron chi connectivity index (χ4n) is 5.37. The molecule has 5 aromatic carbocycles. The van der Waals surface area contributed by atoms with E-state index in [1.807, 2.05) is 48.5 Å². The SMILES string of the molecule is COC(=O)c1cccc2c1c1c(O)cc(-c3ccc(Cl)cc3)cc1n2Cc1ccccc1Cc1ccccc1. The molecule has 0 bridgehead atoms. The Labute approximate surface area is 231 Å². The van der Waals surface area contributed by atoms with Gasteiger partial charge in [0.15, 0.2) is 0 Å². The van der Waals surface area contributed by atoms with Crippen molar-refractivity contribution >= 4 is 39.4 Å². The molecule has 0 aliphatic heterocycles. The lowest BCUT2D eigenvalue weighted by molar-refractivity contribution is 0.0603. The van der Waals surface area contributed by atoms with Crippen molar-refractivity contribution in [3.63, 3.8) is 0 Å². The zero-order valence-corrected chi connectivity index (χ0v) is 22.2. The van der Waals surface area contributed by atoms with Gasteiger partial charge in [0.2, 0.25) is 0 Å². The third-order valence-corrected chi connectivity index (χ3v) is 7.49. The Kier molecular flexibility index (Phi) is 6.55. The van der Waals surface area contributed by atoms with Crippen LogP contribution in [0.1, 0.15) is 27.0 Å². The average Bonchev–Trinajstić information content (AvgIpc) is 3.28. The van der Waals surface area contributed by atoms with Gasteiger partial charge in [0.05, 0.1) is 29.1 Å². The van der Waals surface area contributed by atoms with Gasteiger partial charge in [0, 0.05) is 17.0 Å². The molecule has 0 fully saturated rings. The number of methoxy groups -OCH3 is 1. The van der Waals surface area contributed by atoms with Crippen molar-refractivity contribution in [2.45, 2.75) is 13.0 Å². The quantitative estimate of drug-likeness (QED) is 0.220. The highest BCUT2D eigenvalue weighted by atomic mass is 35.5. The Hall–Kier alpha value is -4.54. The summed E-state index contributed by atoms with van der Waals surface area (Å²) in [6.07, 6.45) is 0.808. The molecule has 0 saturated carbocycles. The molecule has 0 amide bonds. The topological polar surface area (TPSA) is 51.5 Å². The van der Waals surface area contributed by atoms with Gasteiger partial charge < -0.3 is 14.4 Å². The van der Waals surface area contributed by atoms with Crippen LogP contribution in [0.5, 0.6) is 5.75 Å². The first-order chi connectivity index (χ1) is 19.0. The molecule has 0 radical (unpaired) electrons. The van der Waals surface area contributed by atoms with Crippen LogP contribution in [0.25, 0.3) is 32.9 Å². The molecule has 4 nitrogen and oxygen atoms in total. The number of nitrogens with zero attached hydrogens (tertiary/aromatic N) is 1. The summed E-state index contributed by atoms with van der Waals surface area (Å²) in [6, 6.07) is 35.8. The fraction of sp³-hybridized carbons (Fsp3) is 0.0882. The lowest BCUT2D eigenvalue weighted by Crippen LogP contribution is -2.05. The average molecular weight is 532 g/mol. The van der Waals surface area contributed by atoms with Crippen LogP contribution < -0.4 is 0 Å². The van der Waals surface area contributed by atoms with E-state index in [1.165, 1.54) is 23.8 Å². The van der Waals surface area contributed by atoms with Crippen molar-refractivity contribution in [1.82, 2.24) is 4.57 Å². The fourth-order valence-corrected chi connectivity index (χ4v) is 5.49. The summed E-state index contributed by atoms with van der Waals surface area (Å²) in [7, 11) is 1.37. The van der Waals surface area contributed by atoms with Crippen molar-refractivity contribution in [3.8, 4) is 16.9 Å². The van der Waals surface area contributed by atoms with Crippen LogP contribution in [-0.4, -0.2) is 22.8 Å². The van der Waals surface area contributed by atoms with Crippen LogP contribution in [0.3, 0.4) is 0 Å². The Morgan fingerprint density at radius 1 is 0.769 bits per heavy atom. The molecule has 1 N–H and O–H groups in total. The van der Waals surface area contributed by atoms with Gasteiger partial charge in [-0.15, -0.1) is 0 Å². The molecule has 1 heterocycles. The number of phenolic OH excluding ortho intramolecular Hbond substituents is 1. The highest BCUT2D eigenvalue weighted by Crippen LogP contribution is 2.41. The van der Waals surface area contributed by atoms with E-state index in [4.69, 9.17) is 16.3 Å². The van der Waals surface area contributed by atoms with Gasteiger partial charge in [-0.2, -0.15) is 0 Å². The smallest absolute Gasteiger partial charge is 0.338 e. The van der Waals surface area contributed by atoms with Crippen molar-refractivity contribution < 1.29 is 14.6 Å². The molecule has 6 rings (SSSR count). The van der Waals surface area contributed by atoms with Crippen LogP contribution in [-0.2, 0) is 17.7 Å². The molecule has 5 heteroatoms. The molecule has 0 aliphatic rings. The first kappa shape index (κ1) is 24.8. The van der Waals surface area contributed by atoms with Gasteiger partial charge in [-0.3, -0.25) is 0 Å². The number of ether oxygens (including phenoxy) is 1. The molecule has 39 heavy (non-hydrogen) atoms. The van der Waals surface area contributed by atoms with E-state index in [0.29, 0.717) is 27.9 Å². The van der Waals surface area contributed by atoms with Crippen molar-refractivity contribution in [2.75, 3.05) is 7.11 Å². The molecule has 0 aliphatic carbocycles. The van der Waals surface area contributed by atoms with Gasteiger partial charge in [0.1, 0.15) is 5.75 Å². The third kappa shape index (κ3) is 4.64. The third-order valence-electron chi connectivity index (χ3n) is 7.24. The number of carbonyl (C=O) groups is 1. The summed E-state index contributed by atoms with van der Waals surface area (Å²) >= 11 is 6.13. The van der Waals surface area contributed by atoms with Gasteiger partial charge in [-0.05, 0) is 70.6 Å². The summed E-state index contributed by atoms with van der Waals surface area (Å²) in [5.41, 5.74) is 7.53. The minimum Gasteiger partial charge on any atom is -0.507 e. The molecular weight excluding hydrogens is 506 g/mol. The Morgan fingerprint density at radius 2 is 1.49 bits per heavy atom. The molecule has 0 spiro atoms. The highest BCUT2D eigenvalue weighted by molar-refractivity contribution is 6.30. The Bertz CT molecular complexity index is 1820. The lowest BCUT2D eigenvalue weighted by atomic mass is 9.99. The first-order valence-electron chi connectivity index (χ1n) is 12.8. The Morgan fingerprint density at radius 3 is 2.23 bits per heavy atom. The largest absolute Gasteiger partial charge is 0.507 e. The minimum atomic E-state index is -0.440. The second kappa shape index (κ2) is 10.3. The first-order valence-corrected chi connectivity index (χ1v) is 13.1. The lowest BCUT2D eigenvalue weighted by Gasteiger charge is -2.14. The number of phenols is 1. The van der Waals surface area contributed by atoms with Gasteiger partial charge in [-0.1, -0.05) is 84.4 Å². The number of fused-ring (bicyclic) bond motifs is 3. The normalized spacial score (nSPS) is 11.2.